The molecular weight excluding hydrogens is 328 g/mol. The van der Waals surface area contributed by atoms with Crippen molar-refractivity contribution in [3.63, 3.8) is 0 Å². The number of hydrogen-bond acceptors (Lipinski definition) is 0. The SMILES string of the molecule is CCCC[Te]c1ccc(Br)cc1. The molecule has 0 unspecified atom stereocenters. The van der Waals surface area contributed by atoms with Crippen LogP contribution in [0, 0.1) is 0 Å². The van der Waals surface area contributed by atoms with Gasteiger partial charge in [0.05, 0.1) is 0 Å². The Morgan fingerprint density at radius 1 is 1.25 bits per heavy atom. The van der Waals surface area contributed by atoms with Crippen LogP contribution in [0.1, 0.15) is 19.8 Å². The van der Waals surface area contributed by atoms with Crippen molar-refractivity contribution in [1.82, 2.24) is 0 Å². The molecule has 0 saturated carbocycles. The first-order valence-corrected chi connectivity index (χ1v) is 7.82. The van der Waals surface area contributed by atoms with Crippen molar-refractivity contribution in [1.29, 1.82) is 0 Å². The molecule has 1 aromatic rings. The van der Waals surface area contributed by atoms with Gasteiger partial charge < -0.3 is 0 Å². The van der Waals surface area contributed by atoms with Crippen molar-refractivity contribution in [3.8, 4) is 0 Å². The van der Waals surface area contributed by atoms with E-state index in [1.54, 1.807) is 3.61 Å². The maximum absolute atomic E-state index is 3.44. The summed E-state index contributed by atoms with van der Waals surface area (Å²) in [6.07, 6.45) is 2.74. The summed E-state index contributed by atoms with van der Waals surface area (Å²) in [6, 6.07) is 8.79. The monoisotopic (exact) mass is 342 g/mol. The van der Waals surface area contributed by atoms with Crippen molar-refractivity contribution >= 4 is 40.5 Å². The summed E-state index contributed by atoms with van der Waals surface area (Å²) in [5.74, 6) is 0. The van der Waals surface area contributed by atoms with Crippen LogP contribution in [-0.4, -0.2) is 20.9 Å². The van der Waals surface area contributed by atoms with Crippen LogP contribution in [0.2, 0.25) is 4.47 Å². The fourth-order valence-corrected chi connectivity index (χ4v) is 3.98. The zero-order valence-electron chi connectivity index (χ0n) is 7.22. The van der Waals surface area contributed by atoms with E-state index >= 15 is 0 Å². The van der Waals surface area contributed by atoms with E-state index in [1.165, 1.54) is 21.8 Å². The van der Waals surface area contributed by atoms with Gasteiger partial charge >= 0.3 is 93.4 Å². The first-order valence-electron chi connectivity index (χ1n) is 4.21. The number of halogens is 1. The normalized spacial score (nSPS) is 10.2. The Labute approximate surface area is 93.0 Å². The van der Waals surface area contributed by atoms with Gasteiger partial charge in [0.25, 0.3) is 0 Å². The van der Waals surface area contributed by atoms with Gasteiger partial charge in [0.15, 0.2) is 0 Å². The van der Waals surface area contributed by atoms with Gasteiger partial charge in [-0.2, -0.15) is 0 Å². The maximum atomic E-state index is 3.44. The van der Waals surface area contributed by atoms with Crippen molar-refractivity contribution in [2.45, 2.75) is 24.2 Å². The zero-order chi connectivity index (χ0) is 8.81. The molecule has 0 aliphatic rings. The van der Waals surface area contributed by atoms with Crippen LogP contribution in [0.3, 0.4) is 0 Å². The molecule has 12 heavy (non-hydrogen) atoms. The first kappa shape index (κ1) is 10.6. The number of rotatable bonds is 4. The van der Waals surface area contributed by atoms with Gasteiger partial charge in [-0.25, -0.2) is 0 Å². The minimum absolute atomic E-state index is 0.116. The van der Waals surface area contributed by atoms with E-state index in [0.717, 1.165) is 0 Å². The van der Waals surface area contributed by atoms with E-state index in [9.17, 15) is 0 Å². The molecular formula is C10H13BrTe. The molecule has 0 bridgehead atoms. The van der Waals surface area contributed by atoms with E-state index in [4.69, 9.17) is 0 Å². The number of benzene rings is 1. The third-order valence-corrected chi connectivity index (χ3v) is 5.24. The van der Waals surface area contributed by atoms with Gasteiger partial charge in [-0.15, -0.1) is 0 Å². The van der Waals surface area contributed by atoms with E-state index < -0.39 is 0 Å². The Morgan fingerprint density at radius 2 is 1.92 bits per heavy atom. The Morgan fingerprint density at radius 3 is 2.50 bits per heavy atom. The van der Waals surface area contributed by atoms with Crippen LogP contribution in [0.4, 0.5) is 0 Å². The Balaban J connectivity index is 2.37. The molecule has 0 aliphatic heterocycles. The molecule has 0 spiro atoms. The molecule has 0 nitrogen and oxygen atoms in total. The standard InChI is InChI=1S/C10H13BrTe/c1-2-3-8-12-10-6-4-9(11)5-7-10/h4-7H,2-3,8H2,1H3. The molecule has 0 radical (unpaired) electrons. The van der Waals surface area contributed by atoms with Crippen molar-refractivity contribution in [3.05, 3.63) is 28.7 Å². The molecule has 0 amide bonds. The van der Waals surface area contributed by atoms with Gasteiger partial charge in [0.1, 0.15) is 0 Å². The molecule has 2 heteroatoms. The second-order valence-corrected chi connectivity index (χ2v) is 6.91. The van der Waals surface area contributed by atoms with Gasteiger partial charge in [-0.3, -0.25) is 0 Å². The third-order valence-electron chi connectivity index (χ3n) is 1.58. The fraction of sp³-hybridized carbons (Fsp3) is 0.400. The summed E-state index contributed by atoms with van der Waals surface area (Å²) in [5.41, 5.74) is 0. The summed E-state index contributed by atoms with van der Waals surface area (Å²) in [4.78, 5) is 0. The van der Waals surface area contributed by atoms with Crippen LogP contribution < -0.4 is 3.61 Å². The quantitative estimate of drug-likeness (QED) is 0.584. The molecule has 1 aromatic carbocycles. The first-order chi connectivity index (χ1) is 5.83. The van der Waals surface area contributed by atoms with Crippen LogP contribution >= 0.6 is 15.9 Å². The van der Waals surface area contributed by atoms with Crippen LogP contribution in [0.25, 0.3) is 0 Å². The second kappa shape index (κ2) is 6.02. The van der Waals surface area contributed by atoms with Crippen LogP contribution in [0.5, 0.6) is 0 Å². The second-order valence-electron chi connectivity index (χ2n) is 2.66. The molecule has 0 heterocycles. The van der Waals surface area contributed by atoms with Crippen molar-refractivity contribution < 1.29 is 0 Å². The average molecular weight is 341 g/mol. The predicted molar refractivity (Wildman–Crippen MR) is 59.2 cm³/mol. The molecule has 0 atom stereocenters. The minimum atomic E-state index is 0.116. The molecule has 66 valence electrons. The zero-order valence-corrected chi connectivity index (χ0v) is 11.1. The van der Waals surface area contributed by atoms with E-state index in [1.807, 2.05) is 0 Å². The molecule has 0 aromatic heterocycles. The predicted octanol–water partition coefficient (Wildman–Crippen LogP) is 3.00. The topological polar surface area (TPSA) is 0 Å². The number of hydrogen-bond donors (Lipinski definition) is 0. The molecule has 1 rings (SSSR count). The van der Waals surface area contributed by atoms with Crippen LogP contribution in [-0.2, 0) is 0 Å². The average Bonchev–Trinajstić information content (AvgIpc) is 2.09. The summed E-state index contributed by atoms with van der Waals surface area (Å²) in [7, 11) is 0. The fourth-order valence-electron chi connectivity index (χ4n) is 0.865. The summed E-state index contributed by atoms with van der Waals surface area (Å²) in [5, 5.41) is 0. The van der Waals surface area contributed by atoms with Gasteiger partial charge in [-0.05, 0) is 0 Å². The van der Waals surface area contributed by atoms with E-state index in [-0.39, 0.29) is 20.9 Å². The Hall–Kier alpha value is 0.490. The van der Waals surface area contributed by atoms with Gasteiger partial charge in [0, 0.05) is 0 Å². The van der Waals surface area contributed by atoms with Gasteiger partial charge in [-0.1, -0.05) is 0 Å². The molecule has 0 fully saturated rings. The molecule has 0 N–H and O–H groups in total. The van der Waals surface area contributed by atoms with E-state index in [0.29, 0.717) is 0 Å². The van der Waals surface area contributed by atoms with Gasteiger partial charge in [0.2, 0.25) is 0 Å². The summed E-state index contributed by atoms with van der Waals surface area (Å²) < 4.78 is 4.22. The Bertz CT molecular complexity index is 218. The Kier molecular flexibility index (Phi) is 5.30. The molecule has 0 saturated heterocycles. The van der Waals surface area contributed by atoms with Crippen LogP contribution in [0.15, 0.2) is 28.7 Å². The molecule has 0 aliphatic carbocycles. The van der Waals surface area contributed by atoms with Crippen molar-refractivity contribution in [2.75, 3.05) is 0 Å². The van der Waals surface area contributed by atoms with E-state index in [2.05, 4.69) is 47.1 Å². The third kappa shape index (κ3) is 3.94. The van der Waals surface area contributed by atoms with Crippen molar-refractivity contribution in [2.24, 2.45) is 0 Å². The summed E-state index contributed by atoms with van der Waals surface area (Å²) >= 11 is 3.56. The number of unbranched alkanes of at least 4 members (excludes halogenated alkanes) is 1. The summed E-state index contributed by atoms with van der Waals surface area (Å²) in [6.45, 7) is 2.26.